The molecular weight excluding hydrogens is 376 g/mol. The van der Waals surface area contributed by atoms with Gasteiger partial charge in [-0.1, -0.05) is 52.8 Å². The normalized spacial score (nSPS) is 38.5. The van der Waals surface area contributed by atoms with Gasteiger partial charge in [0.2, 0.25) is 0 Å². The fourth-order valence-corrected chi connectivity index (χ4v) is 6.66. The van der Waals surface area contributed by atoms with Gasteiger partial charge in [-0.15, -0.1) is 0 Å². The summed E-state index contributed by atoms with van der Waals surface area (Å²) in [6.45, 7) is 17.0. The maximum atomic E-state index is 10.8. The van der Waals surface area contributed by atoms with Crippen LogP contribution in [0.15, 0.2) is 23.8 Å². The molecule has 0 aromatic carbocycles. The molecule has 3 nitrogen and oxygen atoms in total. The summed E-state index contributed by atoms with van der Waals surface area (Å²) >= 11 is 0. The minimum absolute atomic E-state index is 0.204. The number of aliphatic hydroxyl groups excluding tert-OH is 1. The maximum Gasteiger partial charge on any atom is 0.192 e. The molecule has 0 saturated carbocycles. The van der Waals surface area contributed by atoms with Gasteiger partial charge in [0.05, 0.1) is 12.2 Å². The Kier molecular flexibility index (Phi) is 7.20. The van der Waals surface area contributed by atoms with Crippen LogP contribution in [0.3, 0.4) is 0 Å². The smallest absolute Gasteiger partial charge is 0.192 e. The second-order valence-electron chi connectivity index (χ2n) is 11.4. The topological polar surface area (TPSA) is 38.7 Å². The fourth-order valence-electron chi connectivity index (χ4n) is 5.26. The maximum absolute atomic E-state index is 10.8. The third-order valence-electron chi connectivity index (χ3n) is 8.03. The molecule has 1 N–H and O–H groups in total. The number of allylic oxidation sites excluding steroid dienone is 3. The van der Waals surface area contributed by atoms with Crippen molar-refractivity contribution in [2.45, 2.75) is 103 Å². The highest BCUT2D eigenvalue weighted by atomic mass is 28.4. The Bertz CT molecular complexity index is 618. The highest BCUT2D eigenvalue weighted by molar-refractivity contribution is 6.74. The summed E-state index contributed by atoms with van der Waals surface area (Å²) in [5.41, 5.74) is 1.36. The first-order chi connectivity index (χ1) is 13.5. The first-order valence-electron chi connectivity index (χ1n) is 11.9. The predicted molar refractivity (Wildman–Crippen MR) is 123 cm³/mol. The van der Waals surface area contributed by atoms with Crippen LogP contribution in [0.25, 0.3) is 0 Å². The van der Waals surface area contributed by atoms with Gasteiger partial charge in [-0.25, -0.2) is 0 Å². The van der Waals surface area contributed by atoms with Crippen LogP contribution >= 0.6 is 0 Å². The largest absolute Gasteiger partial charge is 0.414 e. The molecule has 1 fully saturated rings. The van der Waals surface area contributed by atoms with Crippen molar-refractivity contribution >= 4 is 8.32 Å². The van der Waals surface area contributed by atoms with Crippen LogP contribution in [0.5, 0.6) is 0 Å². The molecule has 0 unspecified atom stereocenters. The highest BCUT2D eigenvalue weighted by Crippen LogP contribution is 2.44. The molecule has 1 saturated heterocycles. The minimum atomic E-state index is -1.73. The van der Waals surface area contributed by atoms with Crippen LogP contribution in [0.2, 0.25) is 18.1 Å². The van der Waals surface area contributed by atoms with E-state index >= 15 is 0 Å². The lowest BCUT2D eigenvalue weighted by atomic mass is 9.65. The van der Waals surface area contributed by atoms with E-state index in [4.69, 9.17) is 9.16 Å². The Morgan fingerprint density at radius 2 is 1.90 bits per heavy atom. The number of aliphatic hydroxyl groups is 1. The lowest BCUT2D eigenvalue weighted by Gasteiger charge is -2.43. The summed E-state index contributed by atoms with van der Waals surface area (Å²) in [6.07, 6.45) is 12.6. The third kappa shape index (κ3) is 5.44. The van der Waals surface area contributed by atoms with Crippen LogP contribution in [0.4, 0.5) is 0 Å². The number of hydrogen-bond acceptors (Lipinski definition) is 3. The van der Waals surface area contributed by atoms with Gasteiger partial charge >= 0.3 is 0 Å². The summed E-state index contributed by atoms with van der Waals surface area (Å²) in [6, 6.07) is 0. The van der Waals surface area contributed by atoms with E-state index in [1.54, 1.807) is 0 Å². The Hall–Kier alpha value is -0.423. The van der Waals surface area contributed by atoms with Gasteiger partial charge in [0.1, 0.15) is 0 Å². The van der Waals surface area contributed by atoms with Crippen molar-refractivity contribution in [3.8, 4) is 0 Å². The van der Waals surface area contributed by atoms with Crippen LogP contribution < -0.4 is 0 Å². The summed E-state index contributed by atoms with van der Waals surface area (Å²) in [7, 11) is -1.73. The SMILES string of the molecule is C[C@@H]1C=CC2=C[C@H](C)C[C@H](O)[C@@H]2[C@H]1CC[C@@H]1C[C@H](O[Si](C)(C)C(C)(C)C)CCO1. The van der Waals surface area contributed by atoms with E-state index in [0.717, 1.165) is 38.7 Å². The Morgan fingerprint density at radius 3 is 2.59 bits per heavy atom. The van der Waals surface area contributed by atoms with Crippen LogP contribution in [0.1, 0.15) is 66.7 Å². The predicted octanol–water partition coefficient (Wildman–Crippen LogP) is 6.10. The van der Waals surface area contributed by atoms with E-state index in [1.807, 2.05) is 0 Å². The summed E-state index contributed by atoms with van der Waals surface area (Å²) in [4.78, 5) is 0. The van der Waals surface area contributed by atoms with Crippen molar-refractivity contribution in [2.75, 3.05) is 6.61 Å². The van der Waals surface area contributed by atoms with Gasteiger partial charge in [-0.3, -0.25) is 0 Å². The Balaban J connectivity index is 1.59. The summed E-state index contributed by atoms with van der Waals surface area (Å²) in [5.74, 6) is 1.81. The third-order valence-corrected chi connectivity index (χ3v) is 12.6. The average molecular weight is 421 g/mol. The van der Waals surface area contributed by atoms with Gasteiger partial charge in [0, 0.05) is 18.6 Å². The quantitative estimate of drug-likeness (QED) is 0.546. The Labute approximate surface area is 180 Å². The molecule has 0 amide bonds. The molecule has 1 aliphatic heterocycles. The van der Waals surface area contributed by atoms with Crippen molar-refractivity contribution in [1.82, 2.24) is 0 Å². The van der Waals surface area contributed by atoms with Crippen molar-refractivity contribution < 1.29 is 14.3 Å². The van der Waals surface area contributed by atoms with Gasteiger partial charge in [0.15, 0.2) is 8.32 Å². The lowest BCUT2D eigenvalue weighted by molar-refractivity contribution is -0.0474. The Morgan fingerprint density at radius 1 is 1.17 bits per heavy atom. The lowest BCUT2D eigenvalue weighted by Crippen LogP contribution is -2.46. The second-order valence-corrected chi connectivity index (χ2v) is 16.2. The number of hydrogen-bond donors (Lipinski definition) is 1. The fraction of sp³-hybridized carbons (Fsp3) is 0.840. The first-order valence-corrected chi connectivity index (χ1v) is 14.8. The van der Waals surface area contributed by atoms with Gasteiger partial charge < -0.3 is 14.3 Å². The average Bonchev–Trinajstić information content (AvgIpc) is 2.60. The minimum Gasteiger partial charge on any atom is -0.414 e. The highest BCUT2D eigenvalue weighted by Gasteiger charge is 2.41. The van der Waals surface area contributed by atoms with E-state index in [2.05, 4.69) is 65.9 Å². The van der Waals surface area contributed by atoms with Gasteiger partial charge in [-0.2, -0.15) is 0 Å². The molecule has 0 radical (unpaired) electrons. The summed E-state index contributed by atoms with van der Waals surface area (Å²) in [5, 5.41) is 11.1. The molecule has 2 aliphatic carbocycles. The van der Waals surface area contributed by atoms with E-state index < -0.39 is 8.32 Å². The molecule has 0 bridgehead atoms. The van der Waals surface area contributed by atoms with Crippen molar-refractivity contribution in [3.05, 3.63) is 23.8 Å². The monoisotopic (exact) mass is 420 g/mol. The summed E-state index contributed by atoms with van der Waals surface area (Å²) < 4.78 is 12.9. The second kappa shape index (κ2) is 8.98. The van der Waals surface area contributed by atoms with E-state index in [-0.39, 0.29) is 11.1 Å². The molecule has 3 aliphatic rings. The first kappa shape index (κ1) is 23.2. The van der Waals surface area contributed by atoms with E-state index in [9.17, 15) is 5.11 Å². The zero-order valence-corrected chi connectivity index (χ0v) is 20.8. The number of ether oxygens (including phenoxy) is 1. The molecular formula is C25H44O3Si. The van der Waals surface area contributed by atoms with Gasteiger partial charge in [0.25, 0.3) is 0 Å². The number of fused-ring (bicyclic) bond motifs is 1. The van der Waals surface area contributed by atoms with E-state index in [1.165, 1.54) is 5.57 Å². The molecule has 0 aromatic rings. The molecule has 1 heterocycles. The van der Waals surface area contributed by atoms with Crippen LogP contribution in [-0.2, 0) is 9.16 Å². The van der Waals surface area contributed by atoms with Crippen molar-refractivity contribution in [3.63, 3.8) is 0 Å². The molecule has 0 aromatic heterocycles. The van der Waals surface area contributed by atoms with Gasteiger partial charge in [-0.05, 0) is 73.6 Å². The van der Waals surface area contributed by atoms with Crippen molar-refractivity contribution in [1.29, 1.82) is 0 Å². The number of rotatable bonds is 5. The molecule has 3 rings (SSSR count). The molecule has 7 atom stereocenters. The molecule has 4 heteroatoms. The van der Waals surface area contributed by atoms with Crippen molar-refractivity contribution in [2.24, 2.45) is 23.7 Å². The standard InChI is InChI=1S/C25H44O3Si/c1-17-14-19-9-8-18(2)22(24(19)23(26)15-17)11-10-20-16-21(12-13-27-20)28-29(6,7)25(3,4)5/h8-9,14,17-18,20-24,26H,10-13,15-16H2,1-7H3/t17-,18+,20+,21+,22-,23-,24-/m0/s1. The zero-order valence-electron chi connectivity index (χ0n) is 19.8. The zero-order chi connectivity index (χ0) is 21.4. The molecule has 0 spiro atoms. The molecule has 166 valence electrons. The van der Waals surface area contributed by atoms with E-state index in [0.29, 0.717) is 35.9 Å². The van der Waals surface area contributed by atoms with Crippen LogP contribution in [0, 0.1) is 23.7 Å². The van der Waals surface area contributed by atoms with Crippen LogP contribution in [-0.4, -0.2) is 38.3 Å². The molecule has 29 heavy (non-hydrogen) atoms.